The number of thiazole rings is 1. The van der Waals surface area contributed by atoms with Crippen molar-refractivity contribution in [1.82, 2.24) is 15.3 Å². The Morgan fingerprint density at radius 3 is 2.85 bits per heavy atom. The van der Waals surface area contributed by atoms with Crippen molar-refractivity contribution in [2.75, 3.05) is 7.11 Å². The van der Waals surface area contributed by atoms with Gasteiger partial charge in [-0.3, -0.25) is 4.79 Å². The molecule has 0 radical (unpaired) electrons. The van der Waals surface area contributed by atoms with E-state index in [1.807, 2.05) is 11.4 Å². The zero-order valence-electron chi connectivity index (χ0n) is 14.8. The molecule has 7 heteroatoms. The van der Waals surface area contributed by atoms with Crippen LogP contribution >= 0.6 is 11.3 Å². The van der Waals surface area contributed by atoms with Gasteiger partial charge in [0.05, 0.1) is 19.3 Å². The van der Waals surface area contributed by atoms with E-state index >= 15 is 0 Å². The molecular weight excluding hydrogens is 365 g/mol. The van der Waals surface area contributed by atoms with E-state index in [0.717, 1.165) is 46.8 Å². The van der Waals surface area contributed by atoms with Gasteiger partial charge in [0.25, 0.3) is 5.91 Å². The summed E-state index contributed by atoms with van der Waals surface area (Å²) in [5.41, 5.74) is 4.20. The van der Waals surface area contributed by atoms with Crippen LogP contribution in [0.5, 0.6) is 5.88 Å². The average molecular weight is 383 g/mol. The Balaban J connectivity index is 1.46. The molecule has 1 amide bonds. The maximum absolute atomic E-state index is 13.0. The van der Waals surface area contributed by atoms with Crippen LogP contribution in [-0.2, 0) is 19.4 Å². The first kappa shape index (κ1) is 17.6. The number of fused-ring (bicyclic) bond motifs is 1. The number of rotatable bonds is 5. The van der Waals surface area contributed by atoms with E-state index in [4.69, 9.17) is 4.74 Å². The summed E-state index contributed by atoms with van der Waals surface area (Å²) in [7, 11) is 1.52. The minimum atomic E-state index is -0.279. The van der Waals surface area contributed by atoms with Gasteiger partial charge in [-0.25, -0.2) is 14.4 Å². The molecular formula is C20H18FN3O2S. The zero-order valence-corrected chi connectivity index (χ0v) is 15.6. The van der Waals surface area contributed by atoms with Crippen LogP contribution in [0.25, 0.3) is 11.3 Å². The number of ether oxygens (including phenoxy) is 1. The molecule has 3 aromatic rings. The molecule has 1 aliphatic rings. The maximum atomic E-state index is 13.0. The van der Waals surface area contributed by atoms with Gasteiger partial charge in [-0.1, -0.05) is 0 Å². The van der Waals surface area contributed by atoms with Gasteiger partial charge in [0.1, 0.15) is 16.4 Å². The van der Waals surface area contributed by atoms with Crippen LogP contribution in [0.1, 0.15) is 33.0 Å². The molecule has 0 fully saturated rings. The van der Waals surface area contributed by atoms with Crippen LogP contribution in [0.4, 0.5) is 4.39 Å². The summed E-state index contributed by atoms with van der Waals surface area (Å²) in [5, 5.41) is 5.55. The van der Waals surface area contributed by atoms with Gasteiger partial charge >= 0.3 is 0 Å². The molecule has 0 bridgehead atoms. The lowest BCUT2D eigenvalue weighted by Gasteiger charge is -2.10. The molecule has 2 heterocycles. The van der Waals surface area contributed by atoms with Crippen LogP contribution in [-0.4, -0.2) is 23.0 Å². The number of carbonyl (C=O) groups excluding carboxylic acids is 1. The van der Waals surface area contributed by atoms with E-state index in [0.29, 0.717) is 18.0 Å². The summed E-state index contributed by atoms with van der Waals surface area (Å²) in [4.78, 5) is 21.6. The minimum Gasteiger partial charge on any atom is -0.480 e. The molecule has 0 aliphatic heterocycles. The Morgan fingerprint density at radius 1 is 1.26 bits per heavy atom. The highest BCUT2D eigenvalue weighted by Gasteiger charge is 2.21. The van der Waals surface area contributed by atoms with Crippen molar-refractivity contribution in [1.29, 1.82) is 0 Å². The van der Waals surface area contributed by atoms with E-state index in [1.165, 1.54) is 30.6 Å². The second kappa shape index (κ2) is 7.44. The van der Waals surface area contributed by atoms with Gasteiger partial charge in [-0.05, 0) is 55.2 Å². The zero-order chi connectivity index (χ0) is 18.8. The SMILES string of the molecule is COc1nc2c(cc1C(=O)NCc1nc(-c3ccc(F)cc3)cs1)CCC2. The van der Waals surface area contributed by atoms with E-state index in [1.54, 1.807) is 12.1 Å². The summed E-state index contributed by atoms with van der Waals surface area (Å²) < 4.78 is 18.3. The van der Waals surface area contributed by atoms with E-state index in [9.17, 15) is 9.18 Å². The summed E-state index contributed by atoms with van der Waals surface area (Å²) in [6.45, 7) is 0.310. The first-order valence-corrected chi connectivity index (χ1v) is 9.57. The van der Waals surface area contributed by atoms with E-state index in [2.05, 4.69) is 15.3 Å². The van der Waals surface area contributed by atoms with Gasteiger partial charge in [0.15, 0.2) is 0 Å². The fraction of sp³-hybridized carbons (Fsp3) is 0.250. The molecule has 0 unspecified atom stereocenters. The number of methoxy groups -OCH3 is 1. The number of carbonyl (C=O) groups is 1. The van der Waals surface area contributed by atoms with Crippen LogP contribution in [0.15, 0.2) is 35.7 Å². The van der Waals surface area contributed by atoms with Crippen LogP contribution in [0, 0.1) is 5.82 Å². The number of pyridine rings is 1. The standard InChI is InChI=1S/C20H18FN3O2S/c1-26-20-15(9-13-3-2-4-16(13)24-20)19(25)22-10-18-23-17(11-27-18)12-5-7-14(21)8-6-12/h5-9,11H,2-4,10H2,1H3,(H,22,25). The third-order valence-corrected chi connectivity index (χ3v) is 5.39. The van der Waals surface area contributed by atoms with Gasteiger partial charge in [-0.2, -0.15) is 0 Å². The van der Waals surface area contributed by atoms with Crippen LogP contribution < -0.4 is 10.1 Å². The molecule has 1 N–H and O–H groups in total. The van der Waals surface area contributed by atoms with Crippen molar-refractivity contribution in [2.24, 2.45) is 0 Å². The molecule has 0 saturated heterocycles. The van der Waals surface area contributed by atoms with Crippen molar-refractivity contribution in [3.63, 3.8) is 0 Å². The number of halogens is 1. The molecule has 1 aromatic carbocycles. The third kappa shape index (κ3) is 3.68. The molecule has 4 rings (SSSR count). The fourth-order valence-corrected chi connectivity index (χ4v) is 3.91. The van der Waals surface area contributed by atoms with E-state index in [-0.39, 0.29) is 11.7 Å². The fourth-order valence-electron chi connectivity index (χ4n) is 3.17. The quantitative estimate of drug-likeness (QED) is 0.728. The highest BCUT2D eigenvalue weighted by atomic mass is 32.1. The van der Waals surface area contributed by atoms with Crippen molar-refractivity contribution >= 4 is 17.2 Å². The summed E-state index contributed by atoms with van der Waals surface area (Å²) >= 11 is 1.45. The lowest BCUT2D eigenvalue weighted by atomic mass is 10.1. The molecule has 5 nitrogen and oxygen atoms in total. The summed E-state index contributed by atoms with van der Waals surface area (Å²) in [6, 6.07) is 8.07. The predicted octanol–water partition coefficient (Wildman–Crippen LogP) is 3.77. The topological polar surface area (TPSA) is 64.1 Å². The average Bonchev–Trinajstić information content (AvgIpc) is 3.34. The molecule has 1 aliphatic carbocycles. The Bertz CT molecular complexity index is 985. The number of nitrogens with one attached hydrogen (secondary N) is 1. The van der Waals surface area contributed by atoms with E-state index < -0.39 is 0 Å². The predicted molar refractivity (Wildman–Crippen MR) is 101 cm³/mol. The van der Waals surface area contributed by atoms with Gasteiger partial charge in [-0.15, -0.1) is 11.3 Å². The largest absolute Gasteiger partial charge is 0.480 e. The first-order chi connectivity index (χ1) is 13.1. The number of nitrogens with zero attached hydrogens (tertiary/aromatic N) is 2. The highest BCUT2D eigenvalue weighted by molar-refractivity contribution is 7.09. The molecule has 0 atom stereocenters. The Hall–Kier alpha value is -2.80. The van der Waals surface area contributed by atoms with Crippen LogP contribution in [0.2, 0.25) is 0 Å². The van der Waals surface area contributed by atoms with Gasteiger partial charge in [0.2, 0.25) is 5.88 Å². The molecule has 27 heavy (non-hydrogen) atoms. The molecule has 138 valence electrons. The minimum absolute atomic E-state index is 0.229. The second-order valence-electron chi connectivity index (χ2n) is 6.32. The number of aromatic nitrogens is 2. The van der Waals surface area contributed by atoms with Gasteiger partial charge < -0.3 is 10.1 Å². The molecule has 0 spiro atoms. The number of hydrogen-bond acceptors (Lipinski definition) is 5. The van der Waals surface area contributed by atoms with Crippen molar-refractivity contribution in [3.05, 3.63) is 63.4 Å². The van der Waals surface area contributed by atoms with Crippen molar-refractivity contribution in [3.8, 4) is 17.1 Å². The van der Waals surface area contributed by atoms with Crippen molar-refractivity contribution in [2.45, 2.75) is 25.8 Å². The maximum Gasteiger partial charge on any atom is 0.257 e. The summed E-state index contributed by atoms with van der Waals surface area (Å²) in [5.74, 6) is -0.148. The Morgan fingerprint density at radius 2 is 2.07 bits per heavy atom. The first-order valence-electron chi connectivity index (χ1n) is 8.69. The number of aryl methyl sites for hydroxylation is 2. The highest BCUT2D eigenvalue weighted by Crippen LogP contribution is 2.27. The lowest BCUT2D eigenvalue weighted by Crippen LogP contribution is -2.24. The van der Waals surface area contributed by atoms with Crippen molar-refractivity contribution < 1.29 is 13.9 Å². The molecule has 2 aromatic heterocycles. The van der Waals surface area contributed by atoms with Gasteiger partial charge in [0, 0.05) is 16.6 Å². The Labute approximate surface area is 160 Å². The molecule has 0 saturated carbocycles. The normalized spacial score (nSPS) is 12.7. The van der Waals surface area contributed by atoms with Crippen LogP contribution in [0.3, 0.4) is 0 Å². The monoisotopic (exact) mass is 383 g/mol. The number of benzene rings is 1. The smallest absolute Gasteiger partial charge is 0.257 e. The third-order valence-electron chi connectivity index (χ3n) is 4.55. The lowest BCUT2D eigenvalue weighted by molar-refractivity contribution is 0.0947. The number of hydrogen-bond donors (Lipinski definition) is 1. The Kier molecular flexibility index (Phi) is 4.85. The number of amides is 1. The summed E-state index contributed by atoms with van der Waals surface area (Å²) in [6.07, 6.45) is 2.93. The second-order valence-corrected chi connectivity index (χ2v) is 7.26.